The van der Waals surface area contributed by atoms with E-state index < -0.39 is 0 Å². The Hall–Kier alpha value is -0.300. The molecule has 24 heavy (non-hydrogen) atoms. The van der Waals surface area contributed by atoms with E-state index in [1.807, 2.05) is 0 Å². The molecule has 1 heteroatoms. The van der Waals surface area contributed by atoms with E-state index in [9.17, 15) is 0 Å². The predicted octanol–water partition coefficient (Wildman–Crippen LogP) is 6.77. The summed E-state index contributed by atoms with van der Waals surface area (Å²) in [6.45, 7) is 5.64. The van der Waals surface area contributed by atoms with Crippen molar-refractivity contribution >= 4 is 0 Å². The number of ether oxygens (including phenoxy) is 1. The first-order valence-electron chi connectivity index (χ1n) is 11.0. The van der Waals surface area contributed by atoms with Crippen molar-refractivity contribution in [2.45, 2.75) is 97.0 Å². The third-order valence-corrected chi connectivity index (χ3v) is 7.37. The molecule has 0 aromatic heterocycles. The van der Waals surface area contributed by atoms with Crippen LogP contribution in [0.2, 0.25) is 0 Å². The van der Waals surface area contributed by atoms with Crippen molar-refractivity contribution in [2.75, 3.05) is 6.61 Å². The first kappa shape index (κ1) is 18.5. The van der Waals surface area contributed by atoms with Crippen LogP contribution >= 0.6 is 0 Å². The molecule has 3 saturated carbocycles. The molecule has 0 aromatic rings. The molecule has 0 unspecified atom stereocenters. The van der Waals surface area contributed by atoms with Gasteiger partial charge in [-0.2, -0.15) is 0 Å². The molecule has 3 fully saturated rings. The van der Waals surface area contributed by atoms with Crippen molar-refractivity contribution in [1.29, 1.82) is 0 Å². The molecular weight excluding hydrogens is 292 g/mol. The third-order valence-electron chi connectivity index (χ3n) is 7.37. The summed E-state index contributed by atoms with van der Waals surface area (Å²) in [5, 5.41) is 0. The molecule has 0 aliphatic heterocycles. The van der Waals surface area contributed by atoms with Gasteiger partial charge in [0.15, 0.2) is 0 Å². The van der Waals surface area contributed by atoms with Crippen LogP contribution < -0.4 is 0 Å². The van der Waals surface area contributed by atoms with E-state index in [0.717, 1.165) is 36.2 Å². The molecule has 138 valence electrons. The van der Waals surface area contributed by atoms with Gasteiger partial charge in [0.1, 0.15) is 0 Å². The van der Waals surface area contributed by atoms with Gasteiger partial charge in [-0.15, -0.1) is 0 Å². The van der Waals surface area contributed by atoms with Crippen LogP contribution in [-0.4, -0.2) is 12.7 Å². The second-order valence-corrected chi connectivity index (χ2v) is 9.20. The smallest absolute Gasteiger partial charge is 0.0575 e. The van der Waals surface area contributed by atoms with Gasteiger partial charge < -0.3 is 4.74 Å². The summed E-state index contributed by atoms with van der Waals surface area (Å²) >= 11 is 0. The van der Waals surface area contributed by atoms with Gasteiger partial charge in [0.25, 0.3) is 0 Å². The second kappa shape index (κ2) is 9.41. The van der Waals surface area contributed by atoms with Crippen LogP contribution in [0.25, 0.3) is 0 Å². The SMILES string of the molecule is CC=CC1CCC(OCC2CCC(C3CCC(C)CC3)CC2)CC1. The number of rotatable bonds is 5. The van der Waals surface area contributed by atoms with Gasteiger partial charge in [0, 0.05) is 6.61 Å². The van der Waals surface area contributed by atoms with E-state index >= 15 is 0 Å². The molecule has 0 heterocycles. The van der Waals surface area contributed by atoms with E-state index in [1.165, 1.54) is 77.0 Å². The van der Waals surface area contributed by atoms with Crippen LogP contribution in [0.5, 0.6) is 0 Å². The van der Waals surface area contributed by atoms with Gasteiger partial charge in [0.05, 0.1) is 6.10 Å². The standard InChI is InChI=1S/C23H40O/c1-3-4-19-9-15-23(16-10-19)24-17-20-7-13-22(14-8-20)21-11-5-18(2)6-12-21/h3-4,18-23H,5-17H2,1-2H3. The molecule has 1 nitrogen and oxygen atoms in total. The van der Waals surface area contributed by atoms with Gasteiger partial charge >= 0.3 is 0 Å². The van der Waals surface area contributed by atoms with Crippen LogP contribution in [-0.2, 0) is 4.74 Å². The fourth-order valence-corrected chi connectivity index (χ4v) is 5.58. The predicted molar refractivity (Wildman–Crippen MR) is 103 cm³/mol. The number of hydrogen-bond donors (Lipinski definition) is 0. The van der Waals surface area contributed by atoms with Crippen molar-refractivity contribution in [2.24, 2.45) is 29.6 Å². The molecule has 0 aromatic carbocycles. The van der Waals surface area contributed by atoms with Gasteiger partial charge in [-0.1, -0.05) is 31.9 Å². The quantitative estimate of drug-likeness (QED) is 0.505. The molecular formula is C23H40O. The summed E-state index contributed by atoms with van der Waals surface area (Å²) in [6, 6.07) is 0. The summed E-state index contributed by atoms with van der Waals surface area (Å²) in [7, 11) is 0. The maximum absolute atomic E-state index is 6.32. The third kappa shape index (κ3) is 5.35. The minimum absolute atomic E-state index is 0.559. The van der Waals surface area contributed by atoms with Crippen LogP contribution in [0.3, 0.4) is 0 Å². The summed E-state index contributed by atoms with van der Waals surface area (Å²) in [5.74, 6) is 4.78. The molecule has 0 atom stereocenters. The van der Waals surface area contributed by atoms with Crippen molar-refractivity contribution in [3.63, 3.8) is 0 Å². The summed E-state index contributed by atoms with van der Waals surface area (Å²) in [6.07, 6.45) is 22.3. The molecule has 0 bridgehead atoms. The largest absolute Gasteiger partial charge is 0.378 e. The van der Waals surface area contributed by atoms with E-state index in [4.69, 9.17) is 4.74 Å². The second-order valence-electron chi connectivity index (χ2n) is 9.20. The van der Waals surface area contributed by atoms with Crippen LogP contribution in [0.1, 0.15) is 90.9 Å². The molecule has 0 radical (unpaired) electrons. The summed E-state index contributed by atoms with van der Waals surface area (Å²) in [5.41, 5.74) is 0. The Morgan fingerprint density at radius 3 is 1.92 bits per heavy atom. The van der Waals surface area contributed by atoms with Crippen LogP contribution in [0.15, 0.2) is 12.2 Å². The van der Waals surface area contributed by atoms with E-state index in [-0.39, 0.29) is 0 Å². The fraction of sp³-hybridized carbons (Fsp3) is 0.913. The van der Waals surface area contributed by atoms with Crippen molar-refractivity contribution in [3.05, 3.63) is 12.2 Å². The topological polar surface area (TPSA) is 9.23 Å². The number of hydrogen-bond acceptors (Lipinski definition) is 1. The van der Waals surface area contributed by atoms with Gasteiger partial charge in [-0.3, -0.25) is 0 Å². The highest BCUT2D eigenvalue weighted by Crippen LogP contribution is 2.41. The van der Waals surface area contributed by atoms with Crippen LogP contribution in [0.4, 0.5) is 0 Å². The Kier molecular flexibility index (Phi) is 7.25. The Morgan fingerprint density at radius 2 is 1.33 bits per heavy atom. The molecule has 0 saturated heterocycles. The molecule has 0 amide bonds. The van der Waals surface area contributed by atoms with Crippen molar-refractivity contribution in [3.8, 4) is 0 Å². The summed E-state index contributed by atoms with van der Waals surface area (Å²) in [4.78, 5) is 0. The monoisotopic (exact) mass is 332 g/mol. The highest BCUT2D eigenvalue weighted by molar-refractivity contribution is 4.89. The average molecular weight is 333 g/mol. The Balaban J connectivity index is 1.30. The lowest BCUT2D eigenvalue weighted by Gasteiger charge is -2.37. The lowest BCUT2D eigenvalue weighted by molar-refractivity contribution is -0.00935. The minimum atomic E-state index is 0.559. The van der Waals surface area contributed by atoms with Gasteiger partial charge in [-0.05, 0) is 101 Å². The van der Waals surface area contributed by atoms with Crippen molar-refractivity contribution in [1.82, 2.24) is 0 Å². The zero-order chi connectivity index (χ0) is 16.8. The molecule has 3 rings (SSSR count). The van der Waals surface area contributed by atoms with E-state index in [2.05, 4.69) is 26.0 Å². The highest BCUT2D eigenvalue weighted by atomic mass is 16.5. The van der Waals surface area contributed by atoms with Crippen molar-refractivity contribution < 1.29 is 4.74 Å². The molecule has 3 aliphatic rings. The van der Waals surface area contributed by atoms with Crippen LogP contribution in [0, 0.1) is 29.6 Å². The normalized spacial score (nSPS) is 41.6. The van der Waals surface area contributed by atoms with E-state index in [1.54, 1.807) is 0 Å². The lowest BCUT2D eigenvalue weighted by atomic mass is 9.69. The molecule has 0 spiro atoms. The Labute approximate surface area is 150 Å². The first-order valence-corrected chi connectivity index (χ1v) is 11.0. The maximum atomic E-state index is 6.32. The Morgan fingerprint density at radius 1 is 0.750 bits per heavy atom. The fourth-order valence-electron chi connectivity index (χ4n) is 5.58. The van der Waals surface area contributed by atoms with Gasteiger partial charge in [-0.25, -0.2) is 0 Å². The number of allylic oxidation sites excluding steroid dienone is 2. The zero-order valence-electron chi connectivity index (χ0n) is 16.2. The lowest BCUT2D eigenvalue weighted by Crippen LogP contribution is -2.28. The van der Waals surface area contributed by atoms with Gasteiger partial charge in [0.2, 0.25) is 0 Å². The Bertz CT molecular complexity index is 363. The maximum Gasteiger partial charge on any atom is 0.0575 e. The first-order chi connectivity index (χ1) is 11.7. The average Bonchev–Trinajstić information content (AvgIpc) is 2.63. The molecule has 0 N–H and O–H groups in total. The minimum Gasteiger partial charge on any atom is -0.378 e. The zero-order valence-corrected chi connectivity index (χ0v) is 16.2. The van der Waals surface area contributed by atoms with E-state index in [0.29, 0.717) is 6.10 Å². The summed E-state index contributed by atoms with van der Waals surface area (Å²) < 4.78 is 6.32. The molecule has 3 aliphatic carbocycles. The highest BCUT2D eigenvalue weighted by Gasteiger charge is 2.30.